The lowest BCUT2D eigenvalue weighted by molar-refractivity contribution is 0.279. The van der Waals surface area contributed by atoms with Crippen molar-refractivity contribution >= 4 is 5.82 Å². The fraction of sp³-hybridized carbons (Fsp3) is 0.688. The van der Waals surface area contributed by atoms with Crippen LogP contribution in [0, 0.1) is 12.3 Å². The van der Waals surface area contributed by atoms with Crippen LogP contribution in [0.15, 0.2) is 12.3 Å². The summed E-state index contributed by atoms with van der Waals surface area (Å²) >= 11 is 0. The molecule has 1 unspecified atom stereocenters. The first-order chi connectivity index (χ1) is 8.87. The van der Waals surface area contributed by atoms with Gasteiger partial charge in [-0.3, -0.25) is 0 Å². The molecule has 2 N–H and O–H groups in total. The molecule has 0 aliphatic carbocycles. The van der Waals surface area contributed by atoms with Gasteiger partial charge in [0.15, 0.2) is 0 Å². The van der Waals surface area contributed by atoms with Gasteiger partial charge < -0.3 is 10.6 Å². The van der Waals surface area contributed by atoms with Crippen LogP contribution < -0.4 is 10.6 Å². The fourth-order valence-corrected chi connectivity index (χ4v) is 2.76. The second-order valence-electron chi connectivity index (χ2n) is 6.82. The number of aryl methyl sites for hydroxylation is 1. The van der Waals surface area contributed by atoms with E-state index < -0.39 is 0 Å². The standard InChI is InChI=1S/C16H27N3/c1-12-9-14(10-13(2)17)11-18-15(12)19-7-5-16(3,4)6-8-19/h9,11,13H,5-8,10,17H2,1-4H3. The number of nitrogens with zero attached hydrogens (tertiary/aromatic N) is 2. The Bertz CT molecular complexity index is 428. The maximum atomic E-state index is 5.85. The zero-order valence-electron chi connectivity index (χ0n) is 12.7. The first kappa shape index (κ1) is 14.3. The molecule has 19 heavy (non-hydrogen) atoms. The Morgan fingerprint density at radius 3 is 2.53 bits per heavy atom. The van der Waals surface area contributed by atoms with Gasteiger partial charge in [-0.15, -0.1) is 0 Å². The van der Waals surface area contributed by atoms with Crippen molar-refractivity contribution in [2.24, 2.45) is 11.1 Å². The van der Waals surface area contributed by atoms with Gasteiger partial charge in [0.25, 0.3) is 0 Å². The van der Waals surface area contributed by atoms with E-state index in [0.717, 1.165) is 25.3 Å². The Balaban J connectivity index is 2.09. The molecule has 0 saturated carbocycles. The Kier molecular flexibility index (Phi) is 4.14. The summed E-state index contributed by atoms with van der Waals surface area (Å²) in [4.78, 5) is 7.10. The third kappa shape index (κ3) is 3.69. The number of nitrogens with two attached hydrogens (primary N) is 1. The van der Waals surface area contributed by atoms with E-state index in [1.54, 1.807) is 0 Å². The summed E-state index contributed by atoms with van der Waals surface area (Å²) < 4.78 is 0. The lowest BCUT2D eigenvalue weighted by Crippen LogP contribution is -2.38. The smallest absolute Gasteiger partial charge is 0.131 e. The Hall–Kier alpha value is -1.09. The van der Waals surface area contributed by atoms with Crippen molar-refractivity contribution in [2.75, 3.05) is 18.0 Å². The molecule has 0 spiro atoms. The highest BCUT2D eigenvalue weighted by molar-refractivity contribution is 5.47. The number of aromatic nitrogens is 1. The average molecular weight is 261 g/mol. The van der Waals surface area contributed by atoms with E-state index >= 15 is 0 Å². The topological polar surface area (TPSA) is 42.1 Å². The third-order valence-electron chi connectivity index (χ3n) is 4.08. The van der Waals surface area contributed by atoms with Gasteiger partial charge in [0.1, 0.15) is 5.82 Å². The Morgan fingerprint density at radius 1 is 1.37 bits per heavy atom. The molecule has 1 aliphatic heterocycles. The highest BCUT2D eigenvalue weighted by Crippen LogP contribution is 2.32. The molecule has 0 bridgehead atoms. The van der Waals surface area contributed by atoms with Gasteiger partial charge in [0.2, 0.25) is 0 Å². The van der Waals surface area contributed by atoms with E-state index in [1.807, 2.05) is 13.1 Å². The van der Waals surface area contributed by atoms with Crippen LogP contribution in [0.2, 0.25) is 0 Å². The second-order valence-corrected chi connectivity index (χ2v) is 6.82. The van der Waals surface area contributed by atoms with Crippen molar-refractivity contribution in [3.8, 4) is 0 Å². The molecule has 1 aromatic rings. The van der Waals surface area contributed by atoms with Gasteiger partial charge in [0, 0.05) is 25.3 Å². The van der Waals surface area contributed by atoms with Crippen molar-refractivity contribution in [3.63, 3.8) is 0 Å². The second kappa shape index (κ2) is 5.49. The van der Waals surface area contributed by atoms with Crippen molar-refractivity contribution in [1.82, 2.24) is 4.98 Å². The van der Waals surface area contributed by atoms with Crippen molar-refractivity contribution in [2.45, 2.75) is 53.0 Å². The van der Waals surface area contributed by atoms with Crippen LogP contribution in [0.1, 0.15) is 44.7 Å². The SMILES string of the molecule is Cc1cc(CC(C)N)cnc1N1CCC(C)(C)CC1. The molecule has 3 heteroatoms. The van der Waals surface area contributed by atoms with Gasteiger partial charge >= 0.3 is 0 Å². The summed E-state index contributed by atoms with van der Waals surface area (Å²) in [5.74, 6) is 1.16. The Morgan fingerprint density at radius 2 is 2.00 bits per heavy atom. The summed E-state index contributed by atoms with van der Waals surface area (Å²) in [7, 11) is 0. The van der Waals surface area contributed by atoms with Crippen LogP contribution >= 0.6 is 0 Å². The molecule has 0 aromatic carbocycles. The predicted molar refractivity (Wildman–Crippen MR) is 81.6 cm³/mol. The molecule has 3 nitrogen and oxygen atoms in total. The maximum absolute atomic E-state index is 5.85. The van der Waals surface area contributed by atoms with Gasteiger partial charge in [-0.2, -0.15) is 0 Å². The number of piperidine rings is 1. The number of hydrogen-bond acceptors (Lipinski definition) is 3. The lowest BCUT2D eigenvalue weighted by Gasteiger charge is -2.38. The minimum absolute atomic E-state index is 0.197. The molecule has 106 valence electrons. The molecule has 0 radical (unpaired) electrons. The van der Waals surface area contributed by atoms with Gasteiger partial charge in [0.05, 0.1) is 0 Å². The molecule has 0 amide bonds. The number of pyridine rings is 1. The van der Waals surface area contributed by atoms with Gasteiger partial charge in [-0.05, 0) is 49.7 Å². The van der Waals surface area contributed by atoms with E-state index in [0.29, 0.717) is 5.41 Å². The molecule has 2 heterocycles. The van der Waals surface area contributed by atoms with E-state index in [-0.39, 0.29) is 6.04 Å². The zero-order chi connectivity index (χ0) is 14.0. The largest absolute Gasteiger partial charge is 0.356 e. The molecule has 1 atom stereocenters. The maximum Gasteiger partial charge on any atom is 0.131 e. The van der Waals surface area contributed by atoms with Crippen LogP contribution in [0.3, 0.4) is 0 Å². The Labute approximate surface area is 117 Å². The van der Waals surface area contributed by atoms with Crippen LogP contribution in [-0.4, -0.2) is 24.1 Å². The minimum Gasteiger partial charge on any atom is -0.356 e. The van der Waals surface area contributed by atoms with Crippen LogP contribution in [0.25, 0.3) is 0 Å². The normalized spacial score (nSPS) is 20.4. The minimum atomic E-state index is 0.197. The fourth-order valence-electron chi connectivity index (χ4n) is 2.76. The summed E-state index contributed by atoms with van der Waals surface area (Å²) in [6.07, 6.45) is 5.39. The molecular weight excluding hydrogens is 234 g/mol. The lowest BCUT2D eigenvalue weighted by atomic mass is 9.82. The molecule has 1 fully saturated rings. The number of anilines is 1. The quantitative estimate of drug-likeness (QED) is 0.909. The predicted octanol–water partition coefficient (Wildman–Crippen LogP) is 2.91. The summed E-state index contributed by atoms with van der Waals surface area (Å²) in [5, 5.41) is 0. The highest BCUT2D eigenvalue weighted by atomic mass is 15.2. The van der Waals surface area contributed by atoms with Gasteiger partial charge in [-0.25, -0.2) is 4.98 Å². The van der Waals surface area contributed by atoms with Gasteiger partial charge in [-0.1, -0.05) is 19.9 Å². The average Bonchev–Trinajstić information content (AvgIpc) is 2.29. The molecular formula is C16H27N3. The van der Waals surface area contributed by atoms with Crippen LogP contribution in [0.4, 0.5) is 5.82 Å². The summed E-state index contributed by atoms with van der Waals surface area (Å²) in [5.41, 5.74) is 8.85. The first-order valence-corrected chi connectivity index (χ1v) is 7.33. The van der Waals surface area contributed by atoms with E-state index in [4.69, 9.17) is 5.73 Å². The number of rotatable bonds is 3. The van der Waals surface area contributed by atoms with E-state index in [2.05, 4.69) is 36.7 Å². The van der Waals surface area contributed by atoms with Crippen molar-refractivity contribution in [3.05, 3.63) is 23.4 Å². The van der Waals surface area contributed by atoms with E-state index in [9.17, 15) is 0 Å². The van der Waals surface area contributed by atoms with E-state index in [1.165, 1.54) is 24.0 Å². The molecule has 2 rings (SSSR count). The van der Waals surface area contributed by atoms with Crippen molar-refractivity contribution < 1.29 is 0 Å². The third-order valence-corrected chi connectivity index (χ3v) is 4.08. The summed E-state index contributed by atoms with van der Waals surface area (Å²) in [6.45, 7) is 11.1. The van der Waals surface area contributed by atoms with Crippen molar-refractivity contribution in [1.29, 1.82) is 0 Å². The number of hydrogen-bond donors (Lipinski definition) is 1. The first-order valence-electron chi connectivity index (χ1n) is 7.33. The monoisotopic (exact) mass is 261 g/mol. The summed E-state index contributed by atoms with van der Waals surface area (Å²) in [6, 6.07) is 2.44. The highest BCUT2D eigenvalue weighted by Gasteiger charge is 2.26. The van der Waals surface area contributed by atoms with Crippen LogP contribution in [0.5, 0.6) is 0 Å². The van der Waals surface area contributed by atoms with Crippen LogP contribution in [-0.2, 0) is 6.42 Å². The molecule has 1 aromatic heterocycles. The molecule has 1 saturated heterocycles. The zero-order valence-corrected chi connectivity index (χ0v) is 12.7. The molecule has 1 aliphatic rings.